The van der Waals surface area contributed by atoms with Gasteiger partial charge in [0.05, 0.1) is 28.3 Å². The van der Waals surface area contributed by atoms with E-state index in [0.29, 0.717) is 47.8 Å². The van der Waals surface area contributed by atoms with Crippen LogP contribution in [0.2, 0.25) is 0 Å². The summed E-state index contributed by atoms with van der Waals surface area (Å²) in [5.41, 5.74) is 0.575. The van der Waals surface area contributed by atoms with Crippen molar-refractivity contribution >= 4 is 63.5 Å². The van der Waals surface area contributed by atoms with Crippen LogP contribution in [0.25, 0.3) is 6.08 Å². The summed E-state index contributed by atoms with van der Waals surface area (Å²) in [6.07, 6.45) is 1.54. The molecule has 0 aromatic heterocycles. The molecule has 0 spiro atoms. The number of ether oxygens (including phenoxy) is 3. The Balaban J connectivity index is 1.78. The Hall–Kier alpha value is -2.32. The molecule has 12 heteroatoms. The van der Waals surface area contributed by atoms with Gasteiger partial charge in [-0.25, -0.2) is 4.79 Å². The molecule has 1 N–H and O–H groups in total. The molecule has 3 amide bonds. The molecule has 1 aromatic rings. The summed E-state index contributed by atoms with van der Waals surface area (Å²) in [7, 11) is 0. The third-order valence-electron chi connectivity index (χ3n) is 4.50. The first kappa shape index (κ1) is 24.3. The molecule has 0 unspecified atom stereocenters. The molecule has 2 aliphatic rings. The van der Waals surface area contributed by atoms with Crippen LogP contribution in [0.4, 0.5) is 4.79 Å². The highest BCUT2D eigenvalue weighted by atomic mass is 127. The predicted octanol–water partition coefficient (Wildman–Crippen LogP) is 2.05. The third-order valence-corrected chi connectivity index (χ3v) is 6.21. The van der Waals surface area contributed by atoms with Crippen molar-refractivity contribution < 1.29 is 38.5 Å². The van der Waals surface area contributed by atoms with Gasteiger partial charge in [-0.05, 0) is 65.0 Å². The van der Waals surface area contributed by atoms with Crippen LogP contribution in [-0.4, -0.2) is 84.0 Å². The number of hydrogen-bond donors (Lipinski definition) is 1. The zero-order chi connectivity index (χ0) is 23.3. The molecule has 0 radical (unpaired) electrons. The van der Waals surface area contributed by atoms with E-state index in [4.69, 9.17) is 19.3 Å². The highest BCUT2D eigenvalue weighted by Gasteiger charge is 2.37. The maximum absolute atomic E-state index is 12.8. The van der Waals surface area contributed by atoms with E-state index in [1.807, 2.05) is 22.6 Å². The molecule has 2 aliphatic heterocycles. The molecular formula is C20H21IN2O8S. The molecule has 0 atom stereocenters. The second-order valence-corrected chi connectivity index (χ2v) is 8.86. The fourth-order valence-electron chi connectivity index (χ4n) is 3.04. The van der Waals surface area contributed by atoms with Crippen molar-refractivity contribution in [1.29, 1.82) is 0 Å². The lowest BCUT2D eigenvalue weighted by molar-refractivity contribution is -0.139. The molecule has 0 bridgehead atoms. The monoisotopic (exact) mass is 576 g/mol. The standard InChI is InChI=1S/C20H21IN2O8S/c1-2-30-14-8-12(7-13(21)18(14)31-11-17(25)26)9-15-19(27)23(20(28)32-15)10-16(24)22-3-5-29-6-4-22/h7-9H,2-6,10-11H2,1H3,(H,25,26)/b15-9-. The molecule has 32 heavy (non-hydrogen) atoms. The quantitative estimate of drug-likeness (QED) is 0.366. The molecule has 0 saturated carbocycles. The third kappa shape index (κ3) is 5.92. The lowest BCUT2D eigenvalue weighted by Gasteiger charge is -2.28. The average Bonchev–Trinajstić information content (AvgIpc) is 3.01. The molecule has 0 aliphatic carbocycles. The van der Waals surface area contributed by atoms with E-state index in [1.165, 1.54) is 6.08 Å². The van der Waals surface area contributed by atoms with Gasteiger partial charge in [-0.1, -0.05) is 0 Å². The first-order valence-electron chi connectivity index (χ1n) is 9.72. The Labute approximate surface area is 202 Å². The van der Waals surface area contributed by atoms with Crippen molar-refractivity contribution in [2.75, 3.05) is 46.1 Å². The molecule has 2 heterocycles. The number of nitrogens with zero attached hydrogens (tertiary/aromatic N) is 2. The Morgan fingerprint density at radius 1 is 1.25 bits per heavy atom. The van der Waals surface area contributed by atoms with Gasteiger partial charge >= 0.3 is 5.97 Å². The molecule has 10 nitrogen and oxygen atoms in total. The highest BCUT2D eigenvalue weighted by Crippen LogP contribution is 2.37. The van der Waals surface area contributed by atoms with Crippen molar-refractivity contribution in [2.24, 2.45) is 0 Å². The molecule has 1 aromatic carbocycles. The largest absolute Gasteiger partial charge is 0.490 e. The Bertz CT molecular complexity index is 961. The number of hydrogen-bond acceptors (Lipinski definition) is 8. The van der Waals surface area contributed by atoms with Crippen LogP contribution in [0.15, 0.2) is 17.0 Å². The van der Waals surface area contributed by atoms with Gasteiger partial charge in [0, 0.05) is 13.1 Å². The summed E-state index contributed by atoms with van der Waals surface area (Å²) in [5, 5.41) is 8.36. The van der Waals surface area contributed by atoms with E-state index in [-0.39, 0.29) is 23.1 Å². The van der Waals surface area contributed by atoms with E-state index < -0.39 is 23.7 Å². The maximum Gasteiger partial charge on any atom is 0.341 e. The van der Waals surface area contributed by atoms with Crippen LogP contribution in [0.5, 0.6) is 11.5 Å². The minimum absolute atomic E-state index is 0.183. The van der Waals surface area contributed by atoms with Crippen molar-refractivity contribution in [3.8, 4) is 11.5 Å². The number of halogens is 1. The number of carboxylic acids is 1. The first-order chi connectivity index (χ1) is 15.3. The van der Waals surface area contributed by atoms with Gasteiger partial charge in [0.15, 0.2) is 18.1 Å². The van der Waals surface area contributed by atoms with E-state index in [9.17, 15) is 19.2 Å². The van der Waals surface area contributed by atoms with Gasteiger partial charge in [-0.3, -0.25) is 19.3 Å². The smallest absolute Gasteiger partial charge is 0.341 e. The second kappa shape index (κ2) is 11.0. The highest BCUT2D eigenvalue weighted by molar-refractivity contribution is 14.1. The summed E-state index contributed by atoms with van der Waals surface area (Å²) in [6.45, 7) is 2.98. The van der Waals surface area contributed by atoms with Crippen molar-refractivity contribution in [1.82, 2.24) is 9.80 Å². The van der Waals surface area contributed by atoms with Crippen LogP contribution < -0.4 is 9.47 Å². The van der Waals surface area contributed by atoms with Gasteiger partial charge in [0.25, 0.3) is 11.1 Å². The zero-order valence-corrected chi connectivity index (χ0v) is 20.1. The molecular weight excluding hydrogens is 555 g/mol. The number of benzene rings is 1. The number of rotatable bonds is 8. The number of morpholine rings is 1. The van der Waals surface area contributed by atoms with Crippen LogP contribution in [-0.2, 0) is 19.1 Å². The lowest BCUT2D eigenvalue weighted by atomic mass is 10.2. The molecule has 172 valence electrons. The van der Waals surface area contributed by atoms with Gasteiger partial charge in [0.2, 0.25) is 5.91 Å². The van der Waals surface area contributed by atoms with Crippen molar-refractivity contribution in [3.05, 3.63) is 26.2 Å². The Morgan fingerprint density at radius 3 is 2.62 bits per heavy atom. The SMILES string of the molecule is CCOc1cc(/C=C2\SC(=O)N(CC(=O)N3CCOCC3)C2=O)cc(I)c1OCC(=O)O. The molecule has 3 rings (SSSR count). The van der Waals surface area contributed by atoms with Gasteiger partial charge < -0.3 is 24.2 Å². The summed E-state index contributed by atoms with van der Waals surface area (Å²) >= 11 is 2.74. The van der Waals surface area contributed by atoms with Crippen molar-refractivity contribution in [2.45, 2.75) is 6.92 Å². The van der Waals surface area contributed by atoms with Gasteiger partial charge in [-0.15, -0.1) is 0 Å². The van der Waals surface area contributed by atoms with Crippen LogP contribution >= 0.6 is 34.4 Å². The normalized spacial score (nSPS) is 17.8. The number of carbonyl (C=O) groups is 4. The minimum Gasteiger partial charge on any atom is -0.490 e. The van der Waals surface area contributed by atoms with E-state index in [2.05, 4.69) is 0 Å². The number of aliphatic carboxylic acids is 1. The van der Waals surface area contributed by atoms with Gasteiger partial charge in [0.1, 0.15) is 6.54 Å². The number of thioether (sulfide) groups is 1. The first-order valence-corrected chi connectivity index (χ1v) is 11.6. The Kier molecular flexibility index (Phi) is 8.37. The number of carbonyl (C=O) groups excluding carboxylic acids is 3. The Morgan fingerprint density at radius 2 is 1.97 bits per heavy atom. The summed E-state index contributed by atoms with van der Waals surface area (Å²) in [6, 6.07) is 3.29. The zero-order valence-electron chi connectivity index (χ0n) is 17.2. The van der Waals surface area contributed by atoms with E-state index in [1.54, 1.807) is 24.0 Å². The fraction of sp³-hybridized carbons (Fsp3) is 0.400. The number of carboxylic acid groups (broad SMARTS) is 1. The minimum atomic E-state index is -1.12. The van der Waals surface area contributed by atoms with Crippen LogP contribution in [0, 0.1) is 3.57 Å². The number of imide groups is 1. The van der Waals surface area contributed by atoms with E-state index >= 15 is 0 Å². The van der Waals surface area contributed by atoms with Gasteiger partial charge in [-0.2, -0.15) is 0 Å². The number of amides is 3. The fourth-order valence-corrected chi connectivity index (χ4v) is 4.66. The second-order valence-electron chi connectivity index (χ2n) is 6.71. The maximum atomic E-state index is 12.8. The molecule has 2 fully saturated rings. The summed E-state index contributed by atoms with van der Waals surface area (Å²) < 4.78 is 16.7. The predicted molar refractivity (Wildman–Crippen MR) is 124 cm³/mol. The lowest BCUT2D eigenvalue weighted by Crippen LogP contribution is -2.46. The topological polar surface area (TPSA) is 123 Å². The van der Waals surface area contributed by atoms with Crippen LogP contribution in [0.1, 0.15) is 12.5 Å². The van der Waals surface area contributed by atoms with Crippen LogP contribution in [0.3, 0.4) is 0 Å². The molecule has 2 saturated heterocycles. The summed E-state index contributed by atoms with van der Waals surface area (Å²) in [5.74, 6) is -1.34. The summed E-state index contributed by atoms with van der Waals surface area (Å²) in [4.78, 5) is 51.1. The van der Waals surface area contributed by atoms with E-state index in [0.717, 1.165) is 16.7 Å². The average molecular weight is 576 g/mol. The van der Waals surface area contributed by atoms with Crippen molar-refractivity contribution in [3.63, 3.8) is 0 Å².